The van der Waals surface area contributed by atoms with Crippen LogP contribution in [0.2, 0.25) is 0 Å². The molecule has 0 aliphatic heterocycles. The molecule has 0 spiro atoms. The van der Waals surface area contributed by atoms with Crippen molar-refractivity contribution in [3.05, 3.63) is 71.8 Å². The highest BCUT2D eigenvalue weighted by molar-refractivity contribution is 5.23. The first kappa shape index (κ1) is 17.4. The molecule has 2 aromatic rings. The van der Waals surface area contributed by atoms with Crippen LogP contribution in [-0.4, -0.2) is 12.4 Å². The summed E-state index contributed by atoms with van der Waals surface area (Å²) in [4.78, 5) is 0. The van der Waals surface area contributed by atoms with Crippen molar-refractivity contribution in [1.29, 1.82) is 0 Å². The van der Waals surface area contributed by atoms with Gasteiger partial charge in [-0.25, -0.2) is 0 Å². The highest BCUT2D eigenvalue weighted by Gasteiger charge is 2.69. The molecule has 0 heterocycles. The quantitative estimate of drug-likeness (QED) is 0.641. The van der Waals surface area contributed by atoms with E-state index in [0.717, 1.165) is 0 Å². The third kappa shape index (κ3) is 3.68. The largest absolute Gasteiger partial charge is 0.403 e. The summed E-state index contributed by atoms with van der Waals surface area (Å²) >= 11 is 0. The van der Waals surface area contributed by atoms with E-state index in [1.807, 2.05) is 0 Å². The van der Waals surface area contributed by atoms with Gasteiger partial charge in [-0.3, -0.25) is 0 Å². The van der Waals surface area contributed by atoms with E-state index < -0.39 is 30.6 Å². The second kappa shape index (κ2) is 6.26. The Bertz CT molecular complexity index is 556. The molecular formula is C17H14F6. The highest BCUT2D eigenvalue weighted by atomic mass is 19.4. The second-order valence-electron chi connectivity index (χ2n) is 5.40. The molecule has 0 saturated heterocycles. The van der Waals surface area contributed by atoms with E-state index in [2.05, 4.69) is 0 Å². The van der Waals surface area contributed by atoms with Gasteiger partial charge in [-0.05, 0) is 24.0 Å². The average Bonchev–Trinajstić information content (AvgIpc) is 2.46. The van der Waals surface area contributed by atoms with Gasteiger partial charge in [0.1, 0.15) is 0 Å². The lowest BCUT2D eigenvalue weighted by atomic mass is 9.75. The van der Waals surface area contributed by atoms with Gasteiger partial charge in [-0.15, -0.1) is 0 Å². The zero-order valence-electron chi connectivity index (χ0n) is 12.0. The zero-order chi connectivity index (χ0) is 17.1. The average molecular weight is 332 g/mol. The van der Waals surface area contributed by atoms with Crippen LogP contribution in [-0.2, 0) is 12.8 Å². The van der Waals surface area contributed by atoms with Crippen LogP contribution in [0.4, 0.5) is 26.3 Å². The molecule has 0 radical (unpaired) electrons. The molecule has 0 atom stereocenters. The first-order chi connectivity index (χ1) is 10.7. The van der Waals surface area contributed by atoms with E-state index in [4.69, 9.17) is 0 Å². The molecule has 0 unspecified atom stereocenters. The molecule has 2 rings (SSSR count). The van der Waals surface area contributed by atoms with E-state index in [0.29, 0.717) is 0 Å². The summed E-state index contributed by atoms with van der Waals surface area (Å²) in [5.41, 5.74) is -3.82. The maximum Gasteiger partial charge on any atom is 0.403 e. The van der Waals surface area contributed by atoms with Crippen molar-refractivity contribution >= 4 is 0 Å². The Balaban J connectivity index is 2.51. The Morgan fingerprint density at radius 2 is 0.826 bits per heavy atom. The molecule has 2 aromatic carbocycles. The van der Waals surface area contributed by atoms with Crippen LogP contribution in [0, 0.1) is 5.41 Å². The molecule has 0 bridgehead atoms. The lowest BCUT2D eigenvalue weighted by Gasteiger charge is -2.37. The fourth-order valence-corrected chi connectivity index (χ4v) is 2.51. The van der Waals surface area contributed by atoms with Crippen molar-refractivity contribution in [2.24, 2.45) is 5.41 Å². The summed E-state index contributed by atoms with van der Waals surface area (Å²) in [7, 11) is 0. The molecule has 0 amide bonds. The van der Waals surface area contributed by atoms with Gasteiger partial charge in [0, 0.05) is 0 Å². The summed E-state index contributed by atoms with van der Waals surface area (Å²) in [6, 6.07) is 13.9. The topological polar surface area (TPSA) is 0 Å². The highest BCUT2D eigenvalue weighted by Crippen LogP contribution is 2.54. The molecule has 0 fully saturated rings. The molecule has 124 valence electrons. The second-order valence-corrected chi connectivity index (χ2v) is 5.40. The van der Waals surface area contributed by atoms with Gasteiger partial charge in [0.2, 0.25) is 0 Å². The number of benzene rings is 2. The minimum Gasteiger partial charge on any atom is -0.170 e. The summed E-state index contributed by atoms with van der Waals surface area (Å²) in [5.74, 6) is 0. The molecule has 6 heteroatoms. The Labute approximate surface area is 129 Å². The van der Waals surface area contributed by atoms with Gasteiger partial charge >= 0.3 is 12.4 Å². The maximum absolute atomic E-state index is 13.5. The van der Waals surface area contributed by atoms with E-state index in [-0.39, 0.29) is 11.1 Å². The Morgan fingerprint density at radius 1 is 0.522 bits per heavy atom. The van der Waals surface area contributed by atoms with Crippen LogP contribution in [0.1, 0.15) is 11.1 Å². The summed E-state index contributed by atoms with van der Waals surface area (Å²) in [6.45, 7) is 0. The van der Waals surface area contributed by atoms with E-state index in [1.165, 1.54) is 48.5 Å². The summed E-state index contributed by atoms with van der Waals surface area (Å²) in [5, 5.41) is 0. The molecule has 0 saturated carbocycles. The monoisotopic (exact) mass is 332 g/mol. The number of halogens is 6. The first-order valence-electron chi connectivity index (χ1n) is 6.87. The van der Waals surface area contributed by atoms with Crippen LogP contribution in [0.15, 0.2) is 60.7 Å². The number of rotatable bonds is 4. The zero-order valence-corrected chi connectivity index (χ0v) is 12.0. The predicted molar refractivity (Wildman–Crippen MR) is 74.8 cm³/mol. The van der Waals surface area contributed by atoms with Gasteiger partial charge in [-0.1, -0.05) is 60.7 Å². The van der Waals surface area contributed by atoms with Crippen LogP contribution in [0.3, 0.4) is 0 Å². The molecule has 0 aliphatic rings. The third-order valence-corrected chi connectivity index (χ3v) is 3.78. The Kier molecular flexibility index (Phi) is 4.73. The molecule has 0 aliphatic carbocycles. The lowest BCUT2D eigenvalue weighted by molar-refractivity contribution is -0.340. The van der Waals surface area contributed by atoms with Gasteiger partial charge < -0.3 is 0 Å². The summed E-state index contributed by atoms with van der Waals surface area (Å²) in [6.07, 6.45) is -13.1. The summed E-state index contributed by atoms with van der Waals surface area (Å²) < 4.78 is 81.1. The van der Waals surface area contributed by atoms with Crippen molar-refractivity contribution < 1.29 is 26.3 Å². The SMILES string of the molecule is FC(F)(F)C(Cc1ccccc1)(Cc1ccccc1)C(F)(F)F. The van der Waals surface area contributed by atoms with Crippen molar-refractivity contribution in [3.63, 3.8) is 0 Å². The third-order valence-electron chi connectivity index (χ3n) is 3.78. The van der Waals surface area contributed by atoms with E-state index >= 15 is 0 Å². The Morgan fingerprint density at radius 3 is 1.09 bits per heavy atom. The minimum atomic E-state index is -5.42. The van der Waals surface area contributed by atoms with Crippen molar-refractivity contribution in [3.8, 4) is 0 Å². The number of alkyl halides is 6. The number of hydrogen-bond acceptors (Lipinski definition) is 0. The molecular weight excluding hydrogens is 318 g/mol. The fourth-order valence-electron chi connectivity index (χ4n) is 2.51. The van der Waals surface area contributed by atoms with Crippen LogP contribution in [0.25, 0.3) is 0 Å². The Hall–Kier alpha value is -1.98. The number of hydrogen-bond donors (Lipinski definition) is 0. The predicted octanol–water partition coefficient (Wildman–Crippen LogP) is 5.58. The van der Waals surface area contributed by atoms with E-state index in [1.54, 1.807) is 12.1 Å². The molecule has 23 heavy (non-hydrogen) atoms. The van der Waals surface area contributed by atoms with Crippen molar-refractivity contribution in [2.75, 3.05) is 0 Å². The minimum absolute atomic E-state index is 0.00178. The maximum atomic E-state index is 13.5. The van der Waals surface area contributed by atoms with Crippen LogP contribution < -0.4 is 0 Å². The van der Waals surface area contributed by atoms with E-state index in [9.17, 15) is 26.3 Å². The van der Waals surface area contributed by atoms with Gasteiger partial charge in [0.15, 0.2) is 5.41 Å². The molecule has 0 N–H and O–H groups in total. The lowest BCUT2D eigenvalue weighted by Crippen LogP contribution is -2.53. The van der Waals surface area contributed by atoms with Crippen LogP contribution in [0.5, 0.6) is 0 Å². The van der Waals surface area contributed by atoms with Gasteiger partial charge in [0.05, 0.1) is 0 Å². The van der Waals surface area contributed by atoms with Crippen LogP contribution >= 0.6 is 0 Å². The normalized spacial score (nSPS) is 13.1. The molecule has 0 aromatic heterocycles. The van der Waals surface area contributed by atoms with Gasteiger partial charge in [-0.2, -0.15) is 26.3 Å². The smallest absolute Gasteiger partial charge is 0.170 e. The van der Waals surface area contributed by atoms with Crippen molar-refractivity contribution in [2.45, 2.75) is 25.2 Å². The van der Waals surface area contributed by atoms with Gasteiger partial charge in [0.25, 0.3) is 0 Å². The first-order valence-corrected chi connectivity index (χ1v) is 6.87. The standard InChI is InChI=1S/C17H14F6/c18-16(19,20)15(17(21,22)23,11-13-7-3-1-4-8-13)12-14-9-5-2-6-10-14/h1-10H,11-12H2. The van der Waals surface area contributed by atoms with Crippen molar-refractivity contribution in [1.82, 2.24) is 0 Å². The molecule has 0 nitrogen and oxygen atoms in total. The fraction of sp³-hybridized carbons (Fsp3) is 0.294.